The third-order valence-electron chi connectivity index (χ3n) is 3.57. The fraction of sp³-hybridized carbons (Fsp3) is 0.400. The number of aliphatic imine (C=N–C) groups is 1. The standard InChI is InChI=1S/C15H21ClN4O2/c1-8(2)9-7-12(22-3)11(16)6-10(9)14(21)15(18)19-5-4-13(17)20-15/h4-8,14,19,21H,18H2,1-3H3,(H2,17,20). The molecule has 0 aromatic heterocycles. The molecule has 1 heterocycles. The normalized spacial score (nSPS) is 22.2. The number of nitrogens with two attached hydrogens (primary N) is 2. The van der Waals surface area contributed by atoms with Crippen molar-refractivity contribution < 1.29 is 9.84 Å². The predicted octanol–water partition coefficient (Wildman–Crippen LogP) is 1.59. The molecule has 2 rings (SSSR count). The van der Waals surface area contributed by atoms with Crippen molar-refractivity contribution in [3.05, 3.63) is 40.6 Å². The van der Waals surface area contributed by atoms with Gasteiger partial charge in [0.05, 0.1) is 12.1 Å². The van der Waals surface area contributed by atoms with E-state index in [-0.39, 0.29) is 11.8 Å². The van der Waals surface area contributed by atoms with E-state index in [4.69, 9.17) is 27.8 Å². The molecule has 0 bridgehead atoms. The van der Waals surface area contributed by atoms with Crippen molar-refractivity contribution in [2.45, 2.75) is 31.7 Å². The lowest BCUT2D eigenvalue weighted by Gasteiger charge is -2.34. The Labute approximate surface area is 134 Å². The number of ether oxygens (including phenoxy) is 1. The van der Waals surface area contributed by atoms with Crippen LogP contribution in [0.15, 0.2) is 29.4 Å². The van der Waals surface area contributed by atoms with Crippen LogP contribution in [-0.2, 0) is 0 Å². The molecular weight excluding hydrogens is 304 g/mol. The molecule has 2 unspecified atom stereocenters. The molecule has 6 nitrogen and oxygen atoms in total. The molecule has 1 aromatic rings. The van der Waals surface area contributed by atoms with Gasteiger partial charge in [0.1, 0.15) is 17.7 Å². The maximum absolute atomic E-state index is 10.8. The van der Waals surface area contributed by atoms with E-state index in [1.807, 2.05) is 13.8 Å². The van der Waals surface area contributed by atoms with E-state index < -0.39 is 11.9 Å². The van der Waals surface area contributed by atoms with Gasteiger partial charge in [-0.3, -0.25) is 5.73 Å². The zero-order valence-electron chi connectivity index (χ0n) is 12.8. The number of amidine groups is 1. The Morgan fingerprint density at radius 3 is 2.59 bits per heavy atom. The molecule has 1 aromatic carbocycles. The second-order valence-corrected chi connectivity index (χ2v) is 5.92. The summed E-state index contributed by atoms with van der Waals surface area (Å²) in [4.78, 5) is 4.11. The molecule has 22 heavy (non-hydrogen) atoms. The van der Waals surface area contributed by atoms with Gasteiger partial charge in [0.2, 0.25) is 5.79 Å². The van der Waals surface area contributed by atoms with Crippen LogP contribution in [0.3, 0.4) is 0 Å². The van der Waals surface area contributed by atoms with Crippen LogP contribution in [0.25, 0.3) is 0 Å². The first-order chi connectivity index (χ1) is 10.3. The number of aliphatic hydroxyl groups is 1. The van der Waals surface area contributed by atoms with Gasteiger partial charge in [0.25, 0.3) is 0 Å². The van der Waals surface area contributed by atoms with E-state index >= 15 is 0 Å². The number of benzene rings is 1. The Hall–Kier alpha value is -1.76. The largest absolute Gasteiger partial charge is 0.495 e. The van der Waals surface area contributed by atoms with Gasteiger partial charge in [-0.15, -0.1) is 0 Å². The first-order valence-corrected chi connectivity index (χ1v) is 7.30. The fourth-order valence-corrected chi connectivity index (χ4v) is 2.65. The molecule has 1 aliphatic rings. The van der Waals surface area contributed by atoms with Gasteiger partial charge in [-0.05, 0) is 35.3 Å². The van der Waals surface area contributed by atoms with Crippen LogP contribution >= 0.6 is 11.6 Å². The molecule has 120 valence electrons. The molecule has 0 saturated carbocycles. The van der Waals surface area contributed by atoms with Gasteiger partial charge < -0.3 is 20.9 Å². The first kappa shape index (κ1) is 16.6. The fourth-order valence-electron chi connectivity index (χ4n) is 2.40. The SMILES string of the molecule is COc1cc(C(C)C)c(C(O)C2(N)N=C(N)C=CN2)cc1Cl. The van der Waals surface area contributed by atoms with Crippen LogP contribution in [0.4, 0.5) is 0 Å². The molecule has 0 amide bonds. The maximum atomic E-state index is 10.8. The van der Waals surface area contributed by atoms with Crippen molar-refractivity contribution in [1.29, 1.82) is 0 Å². The van der Waals surface area contributed by atoms with Gasteiger partial charge in [0.15, 0.2) is 0 Å². The highest BCUT2D eigenvalue weighted by Crippen LogP contribution is 2.37. The summed E-state index contributed by atoms with van der Waals surface area (Å²) in [5.74, 6) is -0.516. The molecule has 0 fully saturated rings. The summed E-state index contributed by atoms with van der Waals surface area (Å²) in [6.45, 7) is 4.02. The van der Waals surface area contributed by atoms with Crippen LogP contribution in [0.1, 0.15) is 37.0 Å². The van der Waals surface area contributed by atoms with Crippen molar-refractivity contribution in [1.82, 2.24) is 5.32 Å². The minimum atomic E-state index is -1.44. The summed E-state index contributed by atoms with van der Waals surface area (Å²) < 4.78 is 5.24. The molecule has 2 atom stereocenters. The van der Waals surface area contributed by atoms with Crippen LogP contribution in [0.2, 0.25) is 5.02 Å². The Balaban J connectivity index is 2.51. The van der Waals surface area contributed by atoms with Crippen LogP contribution < -0.4 is 21.5 Å². The van der Waals surface area contributed by atoms with E-state index in [0.717, 1.165) is 5.56 Å². The van der Waals surface area contributed by atoms with E-state index in [1.54, 1.807) is 31.5 Å². The van der Waals surface area contributed by atoms with E-state index in [1.165, 1.54) is 0 Å². The smallest absolute Gasteiger partial charge is 0.214 e. The molecule has 7 heteroatoms. The molecule has 0 saturated heterocycles. The van der Waals surface area contributed by atoms with E-state index in [0.29, 0.717) is 16.3 Å². The molecule has 0 aliphatic carbocycles. The van der Waals surface area contributed by atoms with Crippen LogP contribution in [0, 0.1) is 0 Å². The Morgan fingerprint density at radius 1 is 1.36 bits per heavy atom. The van der Waals surface area contributed by atoms with Crippen molar-refractivity contribution in [2.24, 2.45) is 16.5 Å². The first-order valence-electron chi connectivity index (χ1n) is 6.92. The monoisotopic (exact) mass is 324 g/mol. The number of halogens is 1. The van der Waals surface area contributed by atoms with Crippen molar-refractivity contribution in [3.8, 4) is 5.75 Å². The molecule has 0 spiro atoms. The minimum absolute atomic E-state index is 0.139. The number of hydrogen-bond acceptors (Lipinski definition) is 6. The van der Waals surface area contributed by atoms with Crippen molar-refractivity contribution in [2.75, 3.05) is 7.11 Å². The second-order valence-electron chi connectivity index (χ2n) is 5.51. The third kappa shape index (κ3) is 3.04. The number of aliphatic hydroxyl groups excluding tert-OH is 1. The number of nitrogens with one attached hydrogen (secondary N) is 1. The lowest BCUT2D eigenvalue weighted by molar-refractivity contribution is 0.0738. The Bertz CT molecular complexity index is 630. The van der Waals surface area contributed by atoms with Crippen molar-refractivity contribution in [3.63, 3.8) is 0 Å². The molecule has 0 radical (unpaired) electrons. The third-order valence-corrected chi connectivity index (χ3v) is 3.87. The van der Waals surface area contributed by atoms with E-state index in [9.17, 15) is 5.11 Å². The Kier molecular flexibility index (Phi) is 4.65. The number of rotatable bonds is 4. The average molecular weight is 325 g/mol. The Morgan fingerprint density at radius 2 is 2.05 bits per heavy atom. The zero-order valence-corrected chi connectivity index (χ0v) is 13.6. The van der Waals surface area contributed by atoms with E-state index in [2.05, 4.69) is 10.3 Å². The predicted molar refractivity (Wildman–Crippen MR) is 87.9 cm³/mol. The van der Waals surface area contributed by atoms with Crippen LogP contribution in [0.5, 0.6) is 5.75 Å². The number of nitrogens with zero attached hydrogens (tertiary/aromatic N) is 1. The summed E-state index contributed by atoms with van der Waals surface area (Å²) in [5, 5.41) is 14.0. The van der Waals surface area contributed by atoms with Gasteiger partial charge >= 0.3 is 0 Å². The number of hydrogen-bond donors (Lipinski definition) is 4. The highest BCUT2D eigenvalue weighted by molar-refractivity contribution is 6.32. The topological polar surface area (TPSA) is 106 Å². The number of methoxy groups -OCH3 is 1. The van der Waals surface area contributed by atoms with Crippen molar-refractivity contribution >= 4 is 17.4 Å². The summed E-state index contributed by atoms with van der Waals surface area (Å²) in [5.41, 5.74) is 13.3. The zero-order chi connectivity index (χ0) is 16.5. The average Bonchev–Trinajstić information content (AvgIpc) is 2.45. The summed E-state index contributed by atoms with van der Waals surface area (Å²) in [6.07, 6.45) is 2.00. The highest BCUT2D eigenvalue weighted by Gasteiger charge is 2.37. The lowest BCUT2D eigenvalue weighted by Crippen LogP contribution is -2.57. The lowest BCUT2D eigenvalue weighted by atomic mass is 9.91. The molecule has 1 aliphatic heterocycles. The molecular formula is C15H21ClN4O2. The summed E-state index contributed by atoms with van der Waals surface area (Å²) in [6, 6.07) is 3.46. The maximum Gasteiger partial charge on any atom is 0.214 e. The minimum Gasteiger partial charge on any atom is -0.495 e. The highest BCUT2D eigenvalue weighted by atomic mass is 35.5. The van der Waals surface area contributed by atoms with Gasteiger partial charge in [0, 0.05) is 6.20 Å². The molecule has 6 N–H and O–H groups in total. The second kappa shape index (κ2) is 6.16. The van der Waals surface area contributed by atoms with Gasteiger partial charge in [-0.1, -0.05) is 25.4 Å². The summed E-state index contributed by atoms with van der Waals surface area (Å²) in [7, 11) is 1.55. The van der Waals surface area contributed by atoms with Gasteiger partial charge in [-0.2, -0.15) is 0 Å². The van der Waals surface area contributed by atoms with Gasteiger partial charge in [-0.25, -0.2) is 4.99 Å². The summed E-state index contributed by atoms with van der Waals surface area (Å²) >= 11 is 6.19. The quantitative estimate of drug-likeness (QED) is 0.673. The van der Waals surface area contributed by atoms with Crippen LogP contribution in [-0.4, -0.2) is 23.8 Å².